The van der Waals surface area contributed by atoms with Crippen molar-refractivity contribution in [2.24, 2.45) is 0 Å². The minimum atomic E-state index is -1.02. The van der Waals surface area contributed by atoms with Crippen molar-refractivity contribution in [2.75, 3.05) is 78.5 Å². The normalized spacial score (nSPS) is 19.1. The molecule has 2 aliphatic heterocycles. The lowest BCUT2D eigenvalue weighted by atomic mass is 10.3. The van der Waals surface area contributed by atoms with E-state index in [0.29, 0.717) is 52.4 Å². The Morgan fingerprint density at radius 2 is 0.743 bits per heavy atom. The Labute approximate surface area is 201 Å². The van der Waals surface area contributed by atoms with Crippen molar-refractivity contribution in [1.82, 2.24) is 24.9 Å². The quantitative estimate of drug-likeness (QED) is 0.207. The third kappa shape index (κ3) is 14.5. The number of carboxylic acid groups (broad SMARTS) is 4. The van der Waals surface area contributed by atoms with Crippen molar-refractivity contribution in [3.63, 3.8) is 0 Å². The van der Waals surface area contributed by atoms with Gasteiger partial charge in [-0.2, -0.15) is 0 Å². The summed E-state index contributed by atoms with van der Waals surface area (Å²) in [5, 5.41) is 38.3. The Morgan fingerprint density at radius 1 is 0.543 bits per heavy atom. The molecule has 0 aromatic rings. The van der Waals surface area contributed by atoms with Crippen molar-refractivity contribution in [1.29, 1.82) is 0 Å². The molecule has 1 fully saturated rings. The number of nitrogens with one attached hydrogen (secondary N) is 1. The first-order chi connectivity index (χ1) is 16.4. The lowest BCUT2D eigenvalue weighted by molar-refractivity contribution is -0.141. The SMILES string of the molecule is O=C(O)CN1CCN(CC(=O)O)CCN(CC(=O)O)CCN(CC(=O)O)CC1.O=C1C=CC(=O)N1. The summed E-state index contributed by atoms with van der Waals surface area (Å²) in [4.78, 5) is 71.0. The fourth-order valence-corrected chi connectivity index (χ4v) is 3.33. The van der Waals surface area contributed by atoms with Crippen LogP contribution < -0.4 is 5.32 Å². The molecular weight excluding hydrogens is 470 g/mol. The first kappa shape index (κ1) is 29.6. The summed E-state index contributed by atoms with van der Waals surface area (Å²) in [6.07, 6.45) is 2.39. The van der Waals surface area contributed by atoms with Crippen molar-refractivity contribution >= 4 is 35.7 Å². The van der Waals surface area contributed by atoms with Gasteiger partial charge < -0.3 is 20.4 Å². The standard InChI is InChI=1S/C16H28N4O8.C4H3NO2/c21-13(22)9-17-1-2-18(10-14(23)24)5-6-20(12-16(27)28)8-7-19(4-3-17)11-15(25)26;6-3-1-2-4(7)5-3/h1-12H2,(H,21,22)(H,23,24)(H,25,26)(H,27,28);1-2H,(H,5,6,7). The Morgan fingerprint density at radius 3 is 0.857 bits per heavy atom. The second-order valence-corrected chi connectivity index (χ2v) is 7.87. The Bertz CT molecular complexity index is 690. The minimum Gasteiger partial charge on any atom is -0.480 e. The van der Waals surface area contributed by atoms with Crippen LogP contribution >= 0.6 is 0 Å². The number of carbonyl (C=O) groups is 6. The largest absolute Gasteiger partial charge is 0.480 e. The molecule has 2 heterocycles. The topological polar surface area (TPSA) is 208 Å². The van der Waals surface area contributed by atoms with Crippen LogP contribution in [0.4, 0.5) is 0 Å². The highest BCUT2D eigenvalue weighted by molar-refractivity contribution is 6.12. The molecule has 0 unspecified atom stereocenters. The van der Waals surface area contributed by atoms with Gasteiger partial charge >= 0.3 is 23.9 Å². The van der Waals surface area contributed by atoms with Crippen molar-refractivity contribution in [3.05, 3.63) is 12.2 Å². The van der Waals surface area contributed by atoms with E-state index in [2.05, 4.69) is 0 Å². The molecule has 0 saturated carbocycles. The predicted molar refractivity (Wildman–Crippen MR) is 119 cm³/mol. The highest BCUT2D eigenvalue weighted by Crippen LogP contribution is 2.01. The number of rotatable bonds is 8. The Hall–Kier alpha value is -3.40. The average Bonchev–Trinajstić information content (AvgIpc) is 3.11. The summed E-state index contributed by atoms with van der Waals surface area (Å²) < 4.78 is 0. The van der Waals surface area contributed by atoms with Gasteiger partial charge in [0.15, 0.2) is 0 Å². The van der Waals surface area contributed by atoms with Gasteiger partial charge in [-0.15, -0.1) is 0 Å². The molecule has 0 spiro atoms. The zero-order chi connectivity index (χ0) is 26.4. The number of carbonyl (C=O) groups excluding carboxylic acids is 2. The third-order valence-corrected chi connectivity index (χ3v) is 5.00. The van der Waals surface area contributed by atoms with E-state index in [1.54, 1.807) is 19.6 Å². The summed E-state index contributed by atoms with van der Waals surface area (Å²) in [6, 6.07) is 0. The minimum absolute atomic E-state index is 0.229. The molecule has 35 heavy (non-hydrogen) atoms. The molecule has 5 N–H and O–H groups in total. The number of aliphatic carboxylic acids is 4. The predicted octanol–water partition coefficient (Wildman–Crippen LogP) is -3.25. The number of imide groups is 1. The molecule has 2 aliphatic rings. The first-order valence-electron chi connectivity index (χ1n) is 10.7. The number of hydrogen-bond donors (Lipinski definition) is 5. The lowest BCUT2D eigenvalue weighted by Gasteiger charge is -2.32. The molecule has 2 rings (SSSR count). The monoisotopic (exact) mass is 501 g/mol. The average molecular weight is 501 g/mol. The maximum absolute atomic E-state index is 11.1. The van der Waals surface area contributed by atoms with E-state index in [4.69, 9.17) is 20.4 Å². The Kier molecular flexibility index (Phi) is 13.1. The van der Waals surface area contributed by atoms with E-state index < -0.39 is 23.9 Å². The van der Waals surface area contributed by atoms with Gasteiger partial charge in [0, 0.05) is 64.5 Å². The fraction of sp³-hybridized carbons (Fsp3) is 0.600. The van der Waals surface area contributed by atoms with Crippen molar-refractivity contribution in [3.8, 4) is 0 Å². The summed E-state index contributed by atoms with van der Waals surface area (Å²) in [5.41, 5.74) is 0. The maximum atomic E-state index is 11.1. The van der Waals surface area contributed by atoms with Crippen LogP contribution in [0.3, 0.4) is 0 Å². The second-order valence-electron chi connectivity index (χ2n) is 7.87. The van der Waals surface area contributed by atoms with E-state index in [1.807, 2.05) is 5.32 Å². The van der Waals surface area contributed by atoms with Crippen LogP contribution in [0.1, 0.15) is 0 Å². The number of hydrogen-bond acceptors (Lipinski definition) is 10. The van der Waals surface area contributed by atoms with Gasteiger partial charge in [-0.1, -0.05) is 0 Å². The molecular formula is C20H31N5O10. The number of amides is 2. The number of carboxylic acids is 4. The molecule has 196 valence electrons. The molecule has 2 amide bonds. The summed E-state index contributed by atoms with van der Waals surface area (Å²) >= 11 is 0. The van der Waals surface area contributed by atoms with Crippen molar-refractivity contribution in [2.45, 2.75) is 0 Å². The highest BCUT2D eigenvalue weighted by atomic mass is 16.4. The zero-order valence-electron chi connectivity index (χ0n) is 19.2. The van der Waals surface area contributed by atoms with Gasteiger partial charge in [0.1, 0.15) is 0 Å². The molecule has 15 nitrogen and oxygen atoms in total. The van der Waals surface area contributed by atoms with Crippen LogP contribution in [-0.2, 0) is 28.8 Å². The molecule has 15 heteroatoms. The second kappa shape index (κ2) is 15.5. The maximum Gasteiger partial charge on any atom is 0.317 e. The third-order valence-electron chi connectivity index (χ3n) is 5.00. The van der Waals surface area contributed by atoms with Crippen LogP contribution in [0.5, 0.6) is 0 Å². The van der Waals surface area contributed by atoms with Crippen LogP contribution in [-0.4, -0.2) is 154 Å². The van der Waals surface area contributed by atoms with Crippen LogP contribution in [0.15, 0.2) is 12.2 Å². The number of nitrogens with zero attached hydrogens (tertiary/aromatic N) is 4. The smallest absolute Gasteiger partial charge is 0.317 e. The van der Waals surface area contributed by atoms with Gasteiger partial charge in [-0.05, 0) is 0 Å². The summed E-state index contributed by atoms with van der Waals surface area (Å²) in [7, 11) is 0. The molecule has 0 aromatic heterocycles. The molecule has 0 bridgehead atoms. The lowest BCUT2D eigenvalue weighted by Crippen LogP contribution is -2.49. The van der Waals surface area contributed by atoms with Gasteiger partial charge in [-0.3, -0.25) is 53.7 Å². The van der Waals surface area contributed by atoms with Gasteiger partial charge in [-0.25, -0.2) is 0 Å². The van der Waals surface area contributed by atoms with E-state index >= 15 is 0 Å². The van der Waals surface area contributed by atoms with E-state index in [1.165, 1.54) is 12.2 Å². The Balaban J connectivity index is 0.000000744. The van der Waals surface area contributed by atoms with E-state index in [-0.39, 0.29) is 38.0 Å². The fourth-order valence-electron chi connectivity index (χ4n) is 3.33. The molecule has 0 atom stereocenters. The van der Waals surface area contributed by atoms with E-state index in [9.17, 15) is 28.8 Å². The van der Waals surface area contributed by atoms with Crippen LogP contribution in [0, 0.1) is 0 Å². The molecule has 0 aliphatic carbocycles. The van der Waals surface area contributed by atoms with Gasteiger partial charge in [0.2, 0.25) is 0 Å². The molecule has 0 radical (unpaired) electrons. The highest BCUT2D eigenvalue weighted by Gasteiger charge is 2.20. The van der Waals surface area contributed by atoms with Crippen LogP contribution in [0.2, 0.25) is 0 Å². The van der Waals surface area contributed by atoms with E-state index in [0.717, 1.165) is 0 Å². The summed E-state index contributed by atoms with van der Waals surface area (Å²) in [6.45, 7) is 1.52. The molecule has 0 aromatic carbocycles. The first-order valence-corrected chi connectivity index (χ1v) is 10.7. The molecule has 1 saturated heterocycles. The van der Waals surface area contributed by atoms with Gasteiger partial charge in [0.05, 0.1) is 26.2 Å². The van der Waals surface area contributed by atoms with Crippen LogP contribution in [0.25, 0.3) is 0 Å². The van der Waals surface area contributed by atoms with Crippen molar-refractivity contribution < 1.29 is 49.2 Å². The van der Waals surface area contributed by atoms with Gasteiger partial charge in [0.25, 0.3) is 11.8 Å². The summed E-state index contributed by atoms with van der Waals surface area (Å²) in [5.74, 6) is -4.73. The zero-order valence-corrected chi connectivity index (χ0v) is 19.2.